The molecule has 2 rings (SSSR count). The van der Waals surface area contributed by atoms with Crippen LogP contribution in [0.25, 0.3) is 0 Å². The van der Waals surface area contributed by atoms with Gasteiger partial charge in [-0.1, -0.05) is 29.3 Å². The van der Waals surface area contributed by atoms with Crippen molar-refractivity contribution >= 4 is 15.9 Å². The van der Waals surface area contributed by atoms with E-state index < -0.39 is 6.10 Å². The Bertz CT molecular complexity index is 417. The summed E-state index contributed by atoms with van der Waals surface area (Å²) in [7, 11) is 0. The molecule has 1 aromatic rings. The number of ether oxygens (including phenoxy) is 1. The van der Waals surface area contributed by atoms with Gasteiger partial charge in [0, 0.05) is 10.0 Å². The van der Waals surface area contributed by atoms with Crippen LogP contribution in [-0.2, 0) is 0 Å². The van der Waals surface area contributed by atoms with Crippen molar-refractivity contribution in [3.05, 3.63) is 28.2 Å². The molecule has 3 heteroatoms. The maximum absolute atomic E-state index is 9.88. The molecule has 0 amide bonds. The molecule has 0 radical (unpaired) electrons. The minimum Gasteiger partial charge on any atom is -0.490 e. The van der Waals surface area contributed by atoms with E-state index in [0.29, 0.717) is 12.0 Å². The molecule has 3 atom stereocenters. The standard InChI is InChI=1S/C16H23BrO2/c1-3-12-6-4-5-7-15(12)19-16-9-8-13(17)10-14(16)11(2)18/h8-12,15,18H,3-7H2,1-2H3. The molecule has 1 N–H and O–H groups in total. The lowest BCUT2D eigenvalue weighted by molar-refractivity contribution is 0.0855. The monoisotopic (exact) mass is 326 g/mol. The van der Waals surface area contributed by atoms with Crippen molar-refractivity contribution in [2.45, 2.75) is 58.2 Å². The molecule has 0 saturated heterocycles. The molecule has 1 aromatic carbocycles. The van der Waals surface area contributed by atoms with E-state index in [2.05, 4.69) is 22.9 Å². The van der Waals surface area contributed by atoms with Crippen molar-refractivity contribution in [3.63, 3.8) is 0 Å². The molecule has 1 aliphatic carbocycles. The van der Waals surface area contributed by atoms with Crippen LogP contribution in [0, 0.1) is 5.92 Å². The summed E-state index contributed by atoms with van der Waals surface area (Å²) in [5.41, 5.74) is 0.870. The molecule has 0 aromatic heterocycles. The Morgan fingerprint density at radius 2 is 2.11 bits per heavy atom. The van der Waals surface area contributed by atoms with Crippen LogP contribution in [0.2, 0.25) is 0 Å². The molecule has 0 heterocycles. The quantitative estimate of drug-likeness (QED) is 0.856. The highest BCUT2D eigenvalue weighted by molar-refractivity contribution is 9.10. The Labute approximate surface area is 124 Å². The predicted octanol–water partition coefficient (Wildman–Crippen LogP) is 4.85. The smallest absolute Gasteiger partial charge is 0.125 e. The van der Waals surface area contributed by atoms with E-state index in [4.69, 9.17) is 4.74 Å². The van der Waals surface area contributed by atoms with Gasteiger partial charge in [0.1, 0.15) is 11.9 Å². The highest BCUT2D eigenvalue weighted by Gasteiger charge is 2.26. The largest absolute Gasteiger partial charge is 0.490 e. The van der Waals surface area contributed by atoms with Crippen LogP contribution in [0.5, 0.6) is 5.75 Å². The summed E-state index contributed by atoms with van der Waals surface area (Å²) in [6.07, 6.45) is 5.94. The minimum atomic E-state index is -0.504. The van der Waals surface area contributed by atoms with E-state index in [-0.39, 0.29) is 0 Å². The van der Waals surface area contributed by atoms with Gasteiger partial charge in [-0.25, -0.2) is 0 Å². The SMILES string of the molecule is CCC1CCCCC1Oc1ccc(Br)cc1C(C)O. The number of halogens is 1. The molecular weight excluding hydrogens is 304 g/mol. The molecule has 106 valence electrons. The average molecular weight is 327 g/mol. The van der Waals surface area contributed by atoms with Crippen LogP contribution in [0.15, 0.2) is 22.7 Å². The Kier molecular flexibility index (Phi) is 5.28. The van der Waals surface area contributed by atoms with E-state index in [9.17, 15) is 5.11 Å². The van der Waals surface area contributed by atoms with Gasteiger partial charge < -0.3 is 9.84 Å². The summed E-state index contributed by atoms with van der Waals surface area (Å²) in [6.45, 7) is 4.02. The maximum atomic E-state index is 9.88. The first-order valence-electron chi connectivity index (χ1n) is 7.26. The molecule has 0 aliphatic heterocycles. The molecule has 0 spiro atoms. The molecular formula is C16H23BrO2. The topological polar surface area (TPSA) is 29.5 Å². The van der Waals surface area contributed by atoms with Crippen molar-refractivity contribution in [2.75, 3.05) is 0 Å². The number of aliphatic hydroxyl groups excluding tert-OH is 1. The highest BCUT2D eigenvalue weighted by atomic mass is 79.9. The first-order valence-corrected chi connectivity index (χ1v) is 8.05. The zero-order chi connectivity index (χ0) is 13.8. The second-order valence-corrected chi connectivity index (χ2v) is 6.38. The average Bonchev–Trinajstić information content (AvgIpc) is 2.41. The van der Waals surface area contributed by atoms with E-state index in [0.717, 1.165) is 22.2 Å². The number of hydrogen-bond acceptors (Lipinski definition) is 2. The maximum Gasteiger partial charge on any atom is 0.125 e. The van der Waals surface area contributed by atoms with Gasteiger partial charge >= 0.3 is 0 Å². The van der Waals surface area contributed by atoms with Gasteiger partial charge in [-0.05, 0) is 56.7 Å². The minimum absolute atomic E-state index is 0.303. The van der Waals surface area contributed by atoms with Gasteiger partial charge in [-0.3, -0.25) is 0 Å². The zero-order valence-corrected chi connectivity index (χ0v) is 13.3. The summed E-state index contributed by atoms with van der Waals surface area (Å²) in [5.74, 6) is 1.49. The third-order valence-electron chi connectivity index (χ3n) is 4.06. The van der Waals surface area contributed by atoms with E-state index in [1.165, 1.54) is 25.7 Å². The number of aliphatic hydroxyl groups is 1. The molecule has 19 heavy (non-hydrogen) atoms. The van der Waals surface area contributed by atoms with Crippen LogP contribution in [0.4, 0.5) is 0 Å². The molecule has 1 fully saturated rings. The first-order chi connectivity index (χ1) is 9.11. The number of hydrogen-bond donors (Lipinski definition) is 1. The van der Waals surface area contributed by atoms with Crippen LogP contribution in [0.3, 0.4) is 0 Å². The fraction of sp³-hybridized carbons (Fsp3) is 0.625. The highest BCUT2D eigenvalue weighted by Crippen LogP contribution is 2.34. The van der Waals surface area contributed by atoms with Gasteiger partial charge in [0.25, 0.3) is 0 Å². The Hall–Kier alpha value is -0.540. The van der Waals surface area contributed by atoms with Gasteiger partial charge in [-0.2, -0.15) is 0 Å². The second-order valence-electron chi connectivity index (χ2n) is 5.47. The molecule has 1 aliphatic rings. The predicted molar refractivity (Wildman–Crippen MR) is 81.4 cm³/mol. The summed E-state index contributed by atoms with van der Waals surface area (Å²) in [6, 6.07) is 5.89. The van der Waals surface area contributed by atoms with Gasteiger partial charge in [0.15, 0.2) is 0 Å². The van der Waals surface area contributed by atoms with Gasteiger partial charge in [-0.15, -0.1) is 0 Å². The molecule has 3 unspecified atom stereocenters. The van der Waals surface area contributed by atoms with Crippen molar-refractivity contribution < 1.29 is 9.84 Å². The summed E-state index contributed by atoms with van der Waals surface area (Å²) < 4.78 is 7.20. The van der Waals surface area contributed by atoms with E-state index in [1.807, 2.05) is 18.2 Å². The molecule has 1 saturated carbocycles. The summed E-state index contributed by atoms with van der Waals surface area (Å²) in [4.78, 5) is 0. The lowest BCUT2D eigenvalue weighted by Crippen LogP contribution is -2.30. The van der Waals surface area contributed by atoms with Gasteiger partial charge in [0.05, 0.1) is 6.10 Å². The Morgan fingerprint density at radius 3 is 2.79 bits per heavy atom. The molecule has 0 bridgehead atoms. The van der Waals surface area contributed by atoms with E-state index >= 15 is 0 Å². The second kappa shape index (κ2) is 6.76. The van der Waals surface area contributed by atoms with Crippen LogP contribution < -0.4 is 4.74 Å². The Morgan fingerprint density at radius 1 is 1.37 bits per heavy atom. The fourth-order valence-electron chi connectivity index (χ4n) is 2.91. The van der Waals surface area contributed by atoms with E-state index in [1.54, 1.807) is 6.92 Å². The first kappa shape index (κ1) is 14.9. The van der Waals surface area contributed by atoms with Gasteiger partial charge in [0.2, 0.25) is 0 Å². The number of benzene rings is 1. The summed E-state index contributed by atoms with van der Waals surface area (Å²) in [5, 5.41) is 9.88. The van der Waals surface area contributed by atoms with Crippen LogP contribution in [-0.4, -0.2) is 11.2 Å². The van der Waals surface area contributed by atoms with Crippen molar-refractivity contribution in [1.82, 2.24) is 0 Å². The lowest BCUT2D eigenvalue weighted by Gasteiger charge is -2.32. The zero-order valence-electron chi connectivity index (χ0n) is 11.7. The fourth-order valence-corrected chi connectivity index (χ4v) is 3.29. The normalized spacial score (nSPS) is 25.1. The van der Waals surface area contributed by atoms with Crippen molar-refractivity contribution in [3.8, 4) is 5.75 Å². The van der Waals surface area contributed by atoms with Crippen LogP contribution in [0.1, 0.15) is 57.6 Å². The molecule has 2 nitrogen and oxygen atoms in total. The van der Waals surface area contributed by atoms with Crippen LogP contribution >= 0.6 is 15.9 Å². The third kappa shape index (κ3) is 3.73. The summed E-state index contributed by atoms with van der Waals surface area (Å²) >= 11 is 3.45. The van der Waals surface area contributed by atoms with Crippen molar-refractivity contribution in [1.29, 1.82) is 0 Å². The Balaban J connectivity index is 2.17. The third-order valence-corrected chi connectivity index (χ3v) is 4.56. The number of rotatable bonds is 4. The lowest BCUT2D eigenvalue weighted by atomic mass is 9.84. The van der Waals surface area contributed by atoms with Crippen molar-refractivity contribution in [2.24, 2.45) is 5.92 Å².